The highest BCUT2D eigenvalue weighted by molar-refractivity contribution is 7.15. The van der Waals surface area contributed by atoms with Crippen LogP contribution in [0.25, 0.3) is 0 Å². The van der Waals surface area contributed by atoms with E-state index < -0.39 is 16.8 Å². The van der Waals surface area contributed by atoms with Crippen LogP contribution in [-0.2, 0) is 9.59 Å². The quantitative estimate of drug-likeness (QED) is 0.913. The summed E-state index contributed by atoms with van der Waals surface area (Å²) < 4.78 is 24.9. The Kier molecular flexibility index (Phi) is 5.28. The Morgan fingerprint density at radius 3 is 2.35 bits per heavy atom. The zero-order chi connectivity index (χ0) is 17.2. The second-order valence-electron chi connectivity index (χ2n) is 6.55. The predicted molar refractivity (Wildman–Crippen MR) is 82.3 cm³/mol. The van der Waals surface area contributed by atoms with E-state index in [0.29, 0.717) is 37.3 Å². The molecule has 2 amide bonds. The molecule has 1 fully saturated rings. The molecule has 0 aliphatic carbocycles. The molecule has 0 saturated carbocycles. The molecule has 0 bridgehead atoms. The van der Waals surface area contributed by atoms with Gasteiger partial charge in [0.05, 0.1) is 0 Å². The maximum atomic E-state index is 12.4. The van der Waals surface area contributed by atoms with Crippen LogP contribution in [0.15, 0.2) is 0 Å². The lowest BCUT2D eigenvalue weighted by Gasteiger charge is -2.35. The summed E-state index contributed by atoms with van der Waals surface area (Å²) in [7, 11) is 0. The number of piperidine rings is 1. The van der Waals surface area contributed by atoms with E-state index in [0.717, 1.165) is 0 Å². The van der Waals surface area contributed by atoms with Crippen LogP contribution in [-0.4, -0.2) is 40.0 Å². The lowest BCUT2D eigenvalue weighted by atomic mass is 9.91. The second-order valence-corrected chi connectivity index (χ2v) is 7.56. The number of nitrogens with zero attached hydrogens (tertiary/aromatic N) is 3. The fraction of sp³-hybridized carbons (Fsp3) is 0.714. The first-order valence-corrected chi connectivity index (χ1v) is 8.22. The summed E-state index contributed by atoms with van der Waals surface area (Å²) in [6.45, 7) is 6.64. The molecule has 0 unspecified atom stereocenters. The molecular formula is C14H20F2N4O2S. The number of anilines is 1. The summed E-state index contributed by atoms with van der Waals surface area (Å²) in [5.74, 6) is -0.440. The molecule has 0 radical (unpaired) electrons. The van der Waals surface area contributed by atoms with Crippen LogP contribution < -0.4 is 5.32 Å². The van der Waals surface area contributed by atoms with E-state index in [1.54, 1.807) is 4.90 Å². The lowest BCUT2D eigenvalue weighted by Crippen LogP contribution is -2.45. The minimum absolute atomic E-state index is 0.0713. The molecule has 1 aliphatic heterocycles. The van der Waals surface area contributed by atoms with Gasteiger partial charge < -0.3 is 10.2 Å². The highest BCUT2D eigenvalue weighted by atomic mass is 32.1. The van der Waals surface area contributed by atoms with E-state index in [2.05, 4.69) is 15.5 Å². The van der Waals surface area contributed by atoms with Crippen molar-refractivity contribution in [1.82, 2.24) is 15.1 Å². The summed E-state index contributed by atoms with van der Waals surface area (Å²) in [5, 5.41) is 9.07. The number of carbonyl (C=O) groups excluding carboxylic acids is 2. The summed E-state index contributed by atoms with van der Waals surface area (Å²) in [6.07, 6.45) is -1.59. The van der Waals surface area contributed by atoms with Crippen LogP contribution in [0.2, 0.25) is 0 Å². The van der Waals surface area contributed by atoms with Crippen LogP contribution in [0.1, 0.15) is 45.0 Å². The third-order valence-electron chi connectivity index (χ3n) is 3.65. The lowest BCUT2D eigenvalue weighted by molar-refractivity contribution is -0.142. The average molecular weight is 346 g/mol. The van der Waals surface area contributed by atoms with Crippen molar-refractivity contribution in [3.63, 3.8) is 0 Å². The molecule has 6 nitrogen and oxygen atoms in total. The maximum absolute atomic E-state index is 12.4. The molecule has 0 aromatic carbocycles. The molecule has 0 spiro atoms. The van der Waals surface area contributed by atoms with Crippen LogP contribution in [0.3, 0.4) is 0 Å². The first kappa shape index (κ1) is 17.7. The molecule has 1 saturated heterocycles. The molecule has 2 rings (SSSR count). The Morgan fingerprint density at radius 1 is 1.26 bits per heavy atom. The predicted octanol–water partition coefficient (Wildman–Crippen LogP) is 2.70. The molecule has 1 aliphatic rings. The number of halogens is 2. The fourth-order valence-corrected chi connectivity index (χ4v) is 3.00. The van der Waals surface area contributed by atoms with Crippen molar-refractivity contribution in [1.29, 1.82) is 0 Å². The highest BCUT2D eigenvalue weighted by Gasteiger charge is 2.32. The third-order valence-corrected chi connectivity index (χ3v) is 4.50. The number of amides is 2. The Labute approximate surface area is 137 Å². The number of hydrogen-bond acceptors (Lipinski definition) is 5. The van der Waals surface area contributed by atoms with Gasteiger partial charge in [-0.25, -0.2) is 8.78 Å². The topological polar surface area (TPSA) is 75.2 Å². The van der Waals surface area contributed by atoms with Crippen molar-refractivity contribution in [3.05, 3.63) is 5.01 Å². The van der Waals surface area contributed by atoms with Gasteiger partial charge in [-0.05, 0) is 12.8 Å². The fourth-order valence-electron chi connectivity index (χ4n) is 2.40. The molecule has 1 aromatic rings. The van der Waals surface area contributed by atoms with Crippen molar-refractivity contribution in [2.45, 2.75) is 40.0 Å². The van der Waals surface area contributed by atoms with Gasteiger partial charge in [0.25, 0.3) is 6.43 Å². The molecule has 9 heteroatoms. The van der Waals surface area contributed by atoms with E-state index in [-0.39, 0.29) is 22.9 Å². The molecule has 128 valence electrons. The van der Waals surface area contributed by atoms with Gasteiger partial charge in [-0.2, -0.15) is 0 Å². The van der Waals surface area contributed by atoms with E-state index in [1.807, 2.05) is 20.8 Å². The zero-order valence-electron chi connectivity index (χ0n) is 13.3. The standard InChI is InChI=1S/C14H20F2N4O2S/c1-14(2,3)12(22)20-6-4-8(5-7-20)10(21)17-13-19-18-11(23-13)9(15)16/h8-9H,4-7H2,1-3H3,(H,17,19,21). The molecule has 0 atom stereocenters. The largest absolute Gasteiger partial charge is 0.342 e. The summed E-state index contributed by atoms with van der Waals surface area (Å²) in [4.78, 5) is 26.1. The average Bonchev–Trinajstić information content (AvgIpc) is 2.94. The SMILES string of the molecule is CC(C)(C)C(=O)N1CCC(C(=O)Nc2nnc(C(F)F)s2)CC1. The number of rotatable bonds is 3. The Morgan fingerprint density at radius 2 is 1.87 bits per heavy atom. The number of hydrogen-bond donors (Lipinski definition) is 1. The van der Waals surface area contributed by atoms with Crippen LogP contribution in [0, 0.1) is 11.3 Å². The molecule has 23 heavy (non-hydrogen) atoms. The van der Waals surface area contributed by atoms with Gasteiger partial charge in [-0.3, -0.25) is 9.59 Å². The molecule has 1 N–H and O–H groups in total. The Bertz CT molecular complexity index is 578. The van der Waals surface area contributed by atoms with E-state index in [9.17, 15) is 18.4 Å². The minimum atomic E-state index is -2.69. The van der Waals surface area contributed by atoms with Crippen LogP contribution in [0.5, 0.6) is 0 Å². The summed E-state index contributed by atoms with van der Waals surface area (Å²) in [6, 6.07) is 0. The van der Waals surface area contributed by atoms with E-state index in [1.165, 1.54) is 0 Å². The van der Waals surface area contributed by atoms with Gasteiger partial charge in [-0.15, -0.1) is 10.2 Å². The number of likely N-dealkylation sites (tertiary alicyclic amines) is 1. The van der Waals surface area contributed by atoms with Crippen molar-refractivity contribution >= 4 is 28.3 Å². The smallest absolute Gasteiger partial charge is 0.291 e. The van der Waals surface area contributed by atoms with E-state index >= 15 is 0 Å². The third kappa shape index (κ3) is 4.43. The van der Waals surface area contributed by atoms with Gasteiger partial charge in [0.2, 0.25) is 16.9 Å². The first-order valence-electron chi connectivity index (χ1n) is 7.40. The summed E-state index contributed by atoms with van der Waals surface area (Å²) >= 11 is 0.673. The van der Waals surface area contributed by atoms with Gasteiger partial charge in [0.15, 0.2) is 5.01 Å². The first-order chi connectivity index (χ1) is 10.7. The number of carbonyl (C=O) groups is 2. The second kappa shape index (κ2) is 6.86. The number of aromatic nitrogens is 2. The molecular weight excluding hydrogens is 326 g/mol. The Hall–Kier alpha value is -1.64. The van der Waals surface area contributed by atoms with Gasteiger partial charge in [0.1, 0.15) is 0 Å². The van der Waals surface area contributed by atoms with Crippen LogP contribution in [0.4, 0.5) is 13.9 Å². The van der Waals surface area contributed by atoms with Crippen molar-refractivity contribution < 1.29 is 18.4 Å². The minimum Gasteiger partial charge on any atom is -0.342 e. The summed E-state index contributed by atoms with van der Waals surface area (Å²) in [5.41, 5.74) is -0.437. The Balaban J connectivity index is 1.87. The number of nitrogens with one attached hydrogen (secondary N) is 1. The monoisotopic (exact) mass is 346 g/mol. The van der Waals surface area contributed by atoms with Crippen molar-refractivity contribution in [2.24, 2.45) is 11.3 Å². The zero-order valence-corrected chi connectivity index (χ0v) is 14.1. The molecule has 1 aromatic heterocycles. The maximum Gasteiger partial charge on any atom is 0.291 e. The molecule has 2 heterocycles. The van der Waals surface area contributed by atoms with Crippen molar-refractivity contribution in [3.8, 4) is 0 Å². The highest BCUT2D eigenvalue weighted by Crippen LogP contribution is 2.27. The van der Waals surface area contributed by atoms with Gasteiger partial charge >= 0.3 is 0 Å². The van der Waals surface area contributed by atoms with Crippen molar-refractivity contribution in [2.75, 3.05) is 18.4 Å². The van der Waals surface area contributed by atoms with Crippen LogP contribution >= 0.6 is 11.3 Å². The number of alkyl halides is 2. The van der Waals surface area contributed by atoms with Gasteiger partial charge in [0, 0.05) is 24.4 Å². The van der Waals surface area contributed by atoms with E-state index in [4.69, 9.17) is 0 Å². The normalized spacial score (nSPS) is 16.7. The van der Waals surface area contributed by atoms with Gasteiger partial charge in [-0.1, -0.05) is 32.1 Å².